The average molecular weight is 554 g/mol. The predicted molar refractivity (Wildman–Crippen MR) is 153 cm³/mol. The van der Waals surface area contributed by atoms with E-state index in [0.717, 1.165) is 12.0 Å². The van der Waals surface area contributed by atoms with Crippen molar-refractivity contribution in [1.29, 1.82) is 0 Å². The number of ketones is 1. The number of carbonyl (C=O) groups is 3. The Balaban J connectivity index is 1.54. The maximum atomic E-state index is 14.8. The summed E-state index contributed by atoms with van der Waals surface area (Å²) in [6.45, 7) is 6.47. The molecule has 2 fully saturated rings. The quantitative estimate of drug-likeness (QED) is 0.334. The van der Waals surface area contributed by atoms with Crippen LogP contribution in [0, 0.1) is 12.8 Å². The van der Waals surface area contributed by atoms with Crippen LogP contribution < -0.4 is 15.4 Å². The number of para-hydroxylation sites is 1. The summed E-state index contributed by atoms with van der Waals surface area (Å²) in [5, 5.41) is 6.65. The molecule has 2 amide bonds. The van der Waals surface area contributed by atoms with E-state index < -0.39 is 16.9 Å². The zero-order valence-electron chi connectivity index (χ0n) is 22.0. The van der Waals surface area contributed by atoms with Crippen LogP contribution in [0.15, 0.2) is 73.3 Å². The Hall–Kier alpha value is -3.94. The number of ether oxygens (including phenoxy) is 1. The minimum Gasteiger partial charge on any atom is -0.490 e. The van der Waals surface area contributed by atoms with Crippen LogP contribution >= 0.6 is 11.6 Å². The lowest BCUT2D eigenvalue weighted by atomic mass is 9.57. The Labute approximate surface area is 237 Å². The van der Waals surface area contributed by atoms with Crippen LogP contribution in [-0.2, 0) is 20.5 Å². The maximum Gasteiger partial charge on any atom is 0.251 e. The van der Waals surface area contributed by atoms with E-state index in [1.165, 1.54) is 0 Å². The lowest BCUT2D eigenvalue weighted by Crippen LogP contribution is -2.62. The van der Waals surface area contributed by atoms with Gasteiger partial charge in [-0.2, -0.15) is 0 Å². The molecular formula is C32H28ClN3O4. The van der Waals surface area contributed by atoms with E-state index >= 15 is 0 Å². The SMILES string of the molecule is C=CCOc1cccc(C(=O)[C@@H]2[C@H]3CCCN3[C@]3(C(=O)Nc4c(C)cc(Cl)cc43)[C@@]23C(=O)Nc2ccccc23)c1. The molecule has 4 atom stereocenters. The highest BCUT2D eigenvalue weighted by atomic mass is 35.5. The van der Waals surface area contributed by atoms with Crippen LogP contribution in [0.5, 0.6) is 5.75 Å². The van der Waals surface area contributed by atoms with Crippen molar-refractivity contribution in [3.05, 3.63) is 101 Å². The molecule has 0 unspecified atom stereocenters. The smallest absolute Gasteiger partial charge is 0.251 e. The molecule has 7 nitrogen and oxygen atoms in total. The lowest BCUT2D eigenvalue weighted by Gasteiger charge is -2.43. The fourth-order valence-corrected chi connectivity index (χ4v) is 8.16. The molecule has 0 saturated carbocycles. The molecule has 0 bridgehead atoms. The maximum absolute atomic E-state index is 14.8. The first-order valence-corrected chi connectivity index (χ1v) is 13.9. The molecule has 0 aromatic heterocycles. The zero-order chi connectivity index (χ0) is 27.8. The van der Waals surface area contributed by atoms with Gasteiger partial charge >= 0.3 is 0 Å². The topological polar surface area (TPSA) is 87.7 Å². The van der Waals surface area contributed by atoms with E-state index in [9.17, 15) is 14.4 Å². The molecule has 3 aromatic carbocycles. The number of hydrogen-bond acceptors (Lipinski definition) is 5. The first-order chi connectivity index (χ1) is 19.3. The van der Waals surface area contributed by atoms with Gasteiger partial charge in [-0.3, -0.25) is 19.3 Å². The Morgan fingerprint density at radius 3 is 2.75 bits per heavy atom. The van der Waals surface area contributed by atoms with Crippen LogP contribution in [0.3, 0.4) is 0 Å². The normalized spacial score (nSPS) is 27.9. The van der Waals surface area contributed by atoms with Crippen molar-refractivity contribution in [2.45, 2.75) is 36.8 Å². The van der Waals surface area contributed by atoms with E-state index in [2.05, 4.69) is 22.1 Å². The van der Waals surface area contributed by atoms with Crippen LogP contribution in [0.1, 0.15) is 39.9 Å². The number of amides is 2. The van der Waals surface area contributed by atoms with Crippen molar-refractivity contribution in [2.24, 2.45) is 5.92 Å². The number of halogens is 1. The molecule has 202 valence electrons. The number of nitrogens with one attached hydrogen (secondary N) is 2. The van der Waals surface area contributed by atoms with Gasteiger partial charge in [-0.1, -0.05) is 54.6 Å². The van der Waals surface area contributed by atoms with Crippen LogP contribution in [0.2, 0.25) is 5.02 Å². The van der Waals surface area contributed by atoms with Crippen LogP contribution in [0.25, 0.3) is 0 Å². The van der Waals surface area contributed by atoms with E-state index in [1.807, 2.05) is 37.3 Å². The summed E-state index contributed by atoms with van der Waals surface area (Å²) in [4.78, 5) is 46.0. The average Bonchev–Trinajstić information content (AvgIpc) is 3.66. The number of carbonyl (C=O) groups excluding carboxylic acids is 3. The van der Waals surface area contributed by atoms with Crippen LogP contribution in [0.4, 0.5) is 11.4 Å². The van der Waals surface area contributed by atoms with Gasteiger partial charge in [0.15, 0.2) is 5.78 Å². The molecule has 8 heteroatoms. The van der Waals surface area contributed by atoms with Gasteiger partial charge in [0.1, 0.15) is 23.3 Å². The minimum atomic E-state index is -1.52. The zero-order valence-corrected chi connectivity index (χ0v) is 22.8. The molecule has 2 N–H and O–H groups in total. The number of rotatable bonds is 5. The fraction of sp³-hybridized carbons (Fsp3) is 0.281. The summed E-state index contributed by atoms with van der Waals surface area (Å²) < 4.78 is 5.73. The van der Waals surface area contributed by atoms with Crippen molar-refractivity contribution in [3.63, 3.8) is 0 Å². The number of Topliss-reactive ketones (excluding diaryl/α,β-unsaturated/α-hetero) is 1. The number of anilines is 2. The standard InChI is InChI=1S/C32H28ClN3O4/c1-3-14-40-21-9-6-8-19(16-21)28(37)26-25-12-7-13-36(25)32(23-17-20(33)15-18(2)27(23)35-30(32)39)31(26)22-10-4-5-11-24(22)34-29(31)38/h3-6,8-11,15-17,25-26H,1,7,12-14H2,2H3,(H,34,38)(H,35,39)/t25-,26+,31-,32-/m1/s1. The van der Waals surface area contributed by atoms with Crippen molar-refractivity contribution < 1.29 is 19.1 Å². The Morgan fingerprint density at radius 2 is 1.93 bits per heavy atom. The number of benzene rings is 3. The molecule has 3 aromatic rings. The molecule has 2 spiro atoms. The van der Waals surface area contributed by atoms with Gasteiger partial charge in [-0.15, -0.1) is 0 Å². The first-order valence-electron chi connectivity index (χ1n) is 13.5. The predicted octanol–water partition coefficient (Wildman–Crippen LogP) is 5.23. The molecule has 40 heavy (non-hydrogen) atoms. The highest BCUT2D eigenvalue weighted by Gasteiger charge is 2.81. The van der Waals surface area contributed by atoms with Gasteiger partial charge < -0.3 is 15.4 Å². The van der Waals surface area contributed by atoms with Crippen molar-refractivity contribution in [1.82, 2.24) is 4.90 Å². The third-order valence-electron chi connectivity index (χ3n) is 9.14. The molecule has 2 saturated heterocycles. The van der Waals surface area contributed by atoms with Crippen molar-refractivity contribution in [3.8, 4) is 5.75 Å². The van der Waals surface area contributed by atoms with Gasteiger partial charge in [-0.05, 0) is 67.8 Å². The van der Waals surface area contributed by atoms with Gasteiger partial charge in [0.2, 0.25) is 5.91 Å². The summed E-state index contributed by atoms with van der Waals surface area (Å²) in [6.07, 6.45) is 3.13. The Bertz CT molecular complexity index is 1640. The summed E-state index contributed by atoms with van der Waals surface area (Å²) >= 11 is 6.62. The highest BCUT2D eigenvalue weighted by Crippen LogP contribution is 2.68. The number of nitrogens with zero attached hydrogens (tertiary/aromatic N) is 1. The Kier molecular flexibility index (Phi) is 5.50. The second kappa shape index (κ2) is 8.78. The summed E-state index contributed by atoms with van der Waals surface area (Å²) in [7, 11) is 0. The summed E-state index contributed by atoms with van der Waals surface area (Å²) in [5.74, 6) is -1.13. The largest absolute Gasteiger partial charge is 0.490 e. The summed E-state index contributed by atoms with van der Waals surface area (Å²) in [6, 6.07) is 17.7. The van der Waals surface area contributed by atoms with Gasteiger partial charge in [0.05, 0.1) is 5.92 Å². The minimum absolute atomic E-state index is 0.190. The Morgan fingerprint density at radius 1 is 1.10 bits per heavy atom. The fourth-order valence-electron chi connectivity index (χ4n) is 7.89. The van der Waals surface area contributed by atoms with E-state index in [4.69, 9.17) is 16.3 Å². The van der Waals surface area contributed by atoms with E-state index in [-0.39, 0.29) is 23.6 Å². The molecular weight excluding hydrogens is 526 g/mol. The second-order valence-corrected chi connectivity index (χ2v) is 11.4. The van der Waals surface area contributed by atoms with Crippen molar-refractivity contribution in [2.75, 3.05) is 23.8 Å². The van der Waals surface area contributed by atoms with Gasteiger partial charge in [-0.25, -0.2) is 0 Å². The van der Waals surface area contributed by atoms with E-state index in [1.54, 1.807) is 36.4 Å². The molecule has 4 heterocycles. The number of aryl methyl sites for hydroxylation is 1. The molecule has 4 aliphatic heterocycles. The molecule has 0 aliphatic carbocycles. The second-order valence-electron chi connectivity index (χ2n) is 11.0. The third kappa shape index (κ3) is 2.96. The molecule has 0 radical (unpaired) electrons. The van der Waals surface area contributed by atoms with E-state index in [0.29, 0.717) is 58.4 Å². The third-order valence-corrected chi connectivity index (χ3v) is 9.35. The number of hydrogen-bond donors (Lipinski definition) is 2. The van der Waals surface area contributed by atoms with Gasteiger partial charge in [0.25, 0.3) is 5.91 Å². The number of fused-ring (bicyclic) bond motifs is 7. The molecule has 4 aliphatic rings. The first kappa shape index (κ1) is 25.1. The highest BCUT2D eigenvalue weighted by molar-refractivity contribution is 6.31. The van der Waals surface area contributed by atoms with Crippen molar-refractivity contribution >= 4 is 40.6 Å². The summed E-state index contributed by atoms with van der Waals surface area (Å²) in [5.41, 5.74) is 0.870. The van der Waals surface area contributed by atoms with Gasteiger partial charge in [0, 0.05) is 33.6 Å². The molecule has 7 rings (SSSR count). The monoisotopic (exact) mass is 553 g/mol. The van der Waals surface area contributed by atoms with Crippen LogP contribution in [-0.4, -0.2) is 41.7 Å². The lowest BCUT2D eigenvalue weighted by molar-refractivity contribution is -0.137.